The van der Waals surface area contributed by atoms with E-state index in [0.717, 1.165) is 25.9 Å². The van der Waals surface area contributed by atoms with Crippen LogP contribution in [-0.4, -0.2) is 51.1 Å². The molecule has 0 aliphatic carbocycles. The van der Waals surface area contributed by atoms with Crippen molar-refractivity contribution >= 4 is 0 Å². The van der Waals surface area contributed by atoms with E-state index in [-0.39, 0.29) is 24.5 Å². The van der Waals surface area contributed by atoms with Crippen LogP contribution in [0.1, 0.15) is 12.8 Å². The van der Waals surface area contributed by atoms with Crippen LogP contribution in [0.25, 0.3) is 0 Å². The summed E-state index contributed by atoms with van der Waals surface area (Å²) in [4.78, 5) is 4.24. The average molecular weight is 242 g/mol. The van der Waals surface area contributed by atoms with E-state index >= 15 is 0 Å². The molecule has 0 saturated carbocycles. The molecule has 0 saturated heterocycles. The van der Waals surface area contributed by atoms with E-state index < -0.39 is 0 Å². The third kappa shape index (κ3) is 39.3. The summed E-state index contributed by atoms with van der Waals surface area (Å²) in [5.74, 6) is 0. The van der Waals surface area contributed by atoms with Crippen molar-refractivity contribution in [1.82, 2.24) is 9.80 Å². The number of nitrogens with zero attached hydrogens (tertiary/aromatic N) is 2. The minimum absolute atomic E-state index is 0. The van der Waals surface area contributed by atoms with Crippen LogP contribution in [0.2, 0.25) is 0 Å². The third-order valence-corrected chi connectivity index (χ3v) is 1.21. The largest absolute Gasteiger partial charge is 3.00 e. The van der Waals surface area contributed by atoms with Crippen LogP contribution in [0.3, 0.4) is 0 Å². The van der Waals surface area contributed by atoms with Crippen LogP contribution in [0.4, 0.5) is 0 Å². The summed E-state index contributed by atoms with van der Waals surface area (Å²) in [5, 5.41) is 0. The molecule has 0 bridgehead atoms. The predicted octanol–water partition coefficient (Wildman–Crippen LogP) is 1.99. The van der Waals surface area contributed by atoms with Gasteiger partial charge in [0.2, 0.25) is 0 Å². The van der Waals surface area contributed by atoms with Crippen LogP contribution in [0.15, 0.2) is 0 Å². The van der Waals surface area contributed by atoms with E-state index in [4.69, 9.17) is 0 Å². The minimum Gasteiger partial charge on any atom is -0.358 e. The maximum atomic E-state index is 3.68. The fraction of sp³-hybridized carbons (Fsp3) is 0.727. The average Bonchev–Trinajstić information content (AvgIpc) is 1.87. The van der Waals surface area contributed by atoms with Gasteiger partial charge in [0.05, 0.1) is 0 Å². The van der Waals surface area contributed by atoms with Gasteiger partial charge in [-0.25, -0.2) is 0 Å². The van der Waals surface area contributed by atoms with Gasteiger partial charge in [0, 0.05) is 0 Å². The van der Waals surface area contributed by atoms with Crippen molar-refractivity contribution in [1.29, 1.82) is 0 Å². The molecule has 14 heavy (non-hydrogen) atoms. The van der Waals surface area contributed by atoms with Crippen LogP contribution in [0.5, 0.6) is 0 Å². The van der Waals surface area contributed by atoms with E-state index in [0.29, 0.717) is 0 Å². The van der Waals surface area contributed by atoms with E-state index in [1.165, 1.54) is 0 Å². The molecule has 3 heteroatoms. The Bertz CT molecular complexity index is 65.7. The molecule has 0 fully saturated rings. The molecule has 0 spiro atoms. The van der Waals surface area contributed by atoms with Crippen molar-refractivity contribution in [2.24, 2.45) is 0 Å². The van der Waals surface area contributed by atoms with Gasteiger partial charge in [-0.15, -0.1) is 0 Å². The zero-order valence-corrected chi connectivity index (χ0v) is 11.7. The first-order chi connectivity index (χ1) is 5.54. The molecular weight excluding hydrogens is 215 g/mol. The molecule has 0 N–H and O–H groups in total. The van der Waals surface area contributed by atoms with Gasteiger partial charge in [-0.05, 0) is 41.3 Å². The van der Waals surface area contributed by atoms with Crippen molar-refractivity contribution in [3.05, 3.63) is 21.3 Å². The van der Waals surface area contributed by atoms with Crippen LogP contribution in [0, 0.1) is 21.3 Å². The normalized spacial score (nSPS) is 8.57. The zero-order chi connectivity index (χ0) is 9.98. The van der Waals surface area contributed by atoms with Gasteiger partial charge >= 0.3 is 17.1 Å². The summed E-state index contributed by atoms with van der Waals surface area (Å²) < 4.78 is 0. The first-order valence-electron chi connectivity index (χ1n) is 4.42. The Balaban J connectivity index is -0.0000000625. The topological polar surface area (TPSA) is 6.48 Å². The minimum atomic E-state index is 0. The quantitative estimate of drug-likeness (QED) is 0.549. The summed E-state index contributed by atoms with van der Waals surface area (Å²) in [5.41, 5.74) is 0. The van der Waals surface area contributed by atoms with Gasteiger partial charge in [-0.1, -0.05) is 0 Å². The Morgan fingerprint density at radius 2 is 1.00 bits per heavy atom. The summed E-state index contributed by atoms with van der Waals surface area (Å²) >= 11 is 0. The molecule has 0 unspecified atom stereocenters. The second-order valence-electron chi connectivity index (χ2n) is 3.31. The van der Waals surface area contributed by atoms with E-state index in [9.17, 15) is 0 Å². The van der Waals surface area contributed by atoms with Crippen molar-refractivity contribution in [3.8, 4) is 0 Å². The molecule has 0 amide bonds. The Hall–Kier alpha value is 0.439. The predicted molar refractivity (Wildman–Crippen MR) is 63.5 cm³/mol. The molecule has 88 valence electrons. The van der Waals surface area contributed by atoms with Gasteiger partial charge < -0.3 is 31.1 Å². The third-order valence-electron chi connectivity index (χ3n) is 1.21. The molecule has 0 rings (SSSR count). The standard InChI is InChI=1S/2C5H12N.CH3.Mn/c2*1-4-5-6(2)3;;/h2*1,4-5H2,2-3H3;1H3;/q3*-1;+3. The molecule has 0 heterocycles. The SMILES string of the molecule is [CH2-]CCN(C)C.[CH2-]CCN(C)C.[CH3-].[Mn+3]. The number of hydrogen-bond acceptors (Lipinski definition) is 2. The van der Waals surface area contributed by atoms with E-state index in [2.05, 4.69) is 23.6 Å². The molecule has 0 aromatic heterocycles. The fourth-order valence-electron chi connectivity index (χ4n) is 0.632. The maximum absolute atomic E-state index is 3.68. The van der Waals surface area contributed by atoms with Crippen molar-refractivity contribution in [2.45, 2.75) is 12.8 Å². The second-order valence-corrected chi connectivity index (χ2v) is 3.31. The monoisotopic (exact) mass is 242 g/mol. The van der Waals surface area contributed by atoms with Crippen molar-refractivity contribution in [3.63, 3.8) is 0 Å². The molecule has 0 aromatic rings. The van der Waals surface area contributed by atoms with Gasteiger partial charge in [-0.3, -0.25) is 0 Å². The molecule has 0 aliphatic heterocycles. The Morgan fingerprint density at radius 1 is 0.786 bits per heavy atom. The smallest absolute Gasteiger partial charge is 0.358 e. The van der Waals surface area contributed by atoms with Gasteiger partial charge in [0.25, 0.3) is 0 Å². The van der Waals surface area contributed by atoms with Gasteiger partial charge in [-0.2, -0.15) is 12.8 Å². The molecule has 0 atom stereocenters. The summed E-state index contributed by atoms with van der Waals surface area (Å²) in [7, 11) is 8.19. The first kappa shape index (κ1) is 23.9. The molecule has 2 nitrogen and oxygen atoms in total. The Kier molecular flexibility index (Phi) is 32.6. The zero-order valence-electron chi connectivity index (χ0n) is 10.5. The Morgan fingerprint density at radius 3 is 1.00 bits per heavy atom. The Labute approximate surface area is 103 Å². The van der Waals surface area contributed by atoms with Gasteiger partial charge in [0.15, 0.2) is 0 Å². The van der Waals surface area contributed by atoms with Crippen molar-refractivity contribution < 1.29 is 17.1 Å². The maximum Gasteiger partial charge on any atom is 3.00 e. The number of rotatable bonds is 4. The second kappa shape index (κ2) is 19.1. The fourth-order valence-corrected chi connectivity index (χ4v) is 0.632. The van der Waals surface area contributed by atoms with E-state index in [1.54, 1.807) is 0 Å². The van der Waals surface area contributed by atoms with E-state index in [1.807, 2.05) is 28.2 Å². The molecule has 0 aromatic carbocycles. The van der Waals surface area contributed by atoms with Crippen LogP contribution in [-0.2, 0) is 17.1 Å². The number of hydrogen-bond donors (Lipinski definition) is 0. The van der Waals surface area contributed by atoms with Crippen LogP contribution >= 0.6 is 0 Å². The van der Waals surface area contributed by atoms with Gasteiger partial charge in [0.1, 0.15) is 0 Å². The summed E-state index contributed by atoms with van der Waals surface area (Å²) in [6, 6.07) is 0. The molecule has 0 aliphatic rings. The van der Waals surface area contributed by atoms with Crippen molar-refractivity contribution in [2.75, 3.05) is 41.3 Å². The summed E-state index contributed by atoms with van der Waals surface area (Å²) in [6.45, 7) is 9.56. The molecular formula is C11H27MnN2. The summed E-state index contributed by atoms with van der Waals surface area (Å²) in [6.07, 6.45) is 2.01. The molecule has 0 radical (unpaired) electrons. The van der Waals surface area contributed by atoms with Crippen LogP contribution < -0.4 is 0 Å². The first-order valence-corrected chi connectivity index (χ1v) is 4.42.